The summed E-state index contributed by atoms with van der Waals surface area (Å²) in [4.78, 5) is 32.5. The van der Waals surface area contributed by atoms with Gasteiger partial charge in [-0.2, -0.15) is 23.5 Å². The molecule has 0 radical (unpaired) electrons. The van der Waals surface area contributed by atoms with Crippen LogP contribution in [-0.2, 0) is 21.0 Å². The number of aromatic amines is 1. The van der Waals surface area contributed by atoms with Crippen LogP contribution in [0.2, 0.25) is 0 Å². The number of carbonyl (C=O) groups excluding carboxylic acids is 2. The lowest BCUT2D eigenvalue weighted by Gasteiger charge is -2.18. The number of H-pyrrole nitrogens is 1. The van der Waals surface area contributed by atoms with E-state index in [9.17, 15) is 9.59 Å². The van der Waals surface area contributed by atoms with E-state index < -0.39 is 12.0 Å². The van der Waals surface area contributed by atoms with E-state index >= 15 is 0 Å². The van der Waals surface area contributed by atoms with Gasteiger partial charge in [-0.1, -0.05) is 36.4 Å². The van der Waals surface area contributed by atoms with Crippen molar-refractivity contribution in [3.05, 3.63) is 77.9 Å². The van der Waals surface area contributed by atoms with E-state index in [4.69, 9.17) is 4.74 Å². The van der Waals surface area contributed by atoms with Gasteiger partial charge >= 0.3 is 5.97 Å². The smallest absolute Gasteiger partial charge is 0.328 e. The number of carbonyl (C=O) groups is 2. The number of nitrogens with one attached hydrogen (secondary N) is 2. The zero-order chi connectivity index (χ0) is 22.8. The Hall–Kier alpha value is -2.71. The van der Waals surface area contributed by atoms with Gasteiger partial charge in [0.2, 0.25) is 0 Å². The van der Waals surface area contributed by atoms with Crippen LogP contribution in [0.3, 0.4) is 0 Å². The lowest BCUT2D eigenvalue weighted by Crippen LogP contribution is -2.42. The predicted octanol–water partition coefficient (Wildman–Crippen LogP) is 4.53. The van der Waals surface area contributed by atoms with Gasteiger partial charge in [0.1, 0.15) is 6.04 Å². The molecule has 0 aliphatic carbocycles. The molecule has 1 heterocycles. The zero-order valence-corrected chi connectivity index (χ0v) is 19.8. The van der Waals surface area contributed by atoms with Gasteiger partial charge in [0.05, 0.1) is 13.4 Å². The van der Waals surface area contributed by atoms with Crippen molar-refractivity contribution in [1.29, 1.82) is 0 Å². The Balaban J connectivity index is 1.81. The summed E-state index contributed by atoms with van der Waals surface area (Å²) in [6.07, 6.45) is 5.98. The number of ether oxygens (including phenoxy) is 1. The molecule has 2 N–H and O–H groups in total. The number of hydrogen-bond acceptors (Lipinski definition) is 6. The van der Waals surface area contributed by atoms with Crippen LogP contribution in [0.4, 0.5) is 0 Å². The van der Waals surface area contributed by atoms with Gasteiger partial charge in [0.25, 0.3) is 5.91 Å². The van der Waals surface area contributed by atoms with Crippen LogP contribution in [0.15, 0.2) is 61.1 Å². The molecule has 1 aromatic heterocycles. The Morgan fingerprint density at radius 1 is 1.16 bits per heavy atom. The summed E-state index contributed by atoms with van der Waals surface area (Å²) in [5.41, 5.74) is 4.54. The van der Waals surface area contributed by atoms with Crippen molar-refractivity contribution >= 4 is 35.4 Å². The lowest BCUT2D eigenvalue weighted by molar-refractivity contribution is -0.142. The second kappa shape index (κ2) is 12.4. The van der Waals surface area contributed by atoms with Gasteiger partial charge in [0, 0.05) is 29.0 Å². The van der Waals surface area contributed by atoms with Crippen molar-refractivity contribution in [3.8, 4) is 11.1 Å². The van der Waals surface area contributed by atoms with Crippen LogP contribution < -0.4 is 5.32 Å². The molecule has 0 saturated carbocycles. The van der Waals surface area contributed by atoms with Gasteiger partial charge < -0.3 is 15.0 Å². The lowest BCUT2D eigenvalue weighted by atomic mass is 9.97. The molecule has 168 valence electrons. The van der Waals surface area contributed by atoms with Crippen molar-refractivity contribution in [2.24, 2.45) is 0 Å². The first-order valence-corrected chi connectivity index (χ1v) is 12.8. The van der Waals surface area contributed by atoms with Crippen LogP contribution >= 0.6 is 23.5 Å². The molecule has 3 rings (SSSR count). The van der Waals surface area contributed by atoms with Crippen LogP contribution in [0, 0.1) is 0 Å². The maximum absolute atomic E-state index is 13.2. The molecule has 2 aromatic carbocycles. The fourth-order valence-corrected chi connectivity index (χ4v) is 4.61. The Morgan fingerprint density at radius 3 is 2.66 bits per heavy atom. The summed E-state index contributed by atoms with van der Waals surface area (Å²) >= 11 is 3.40. The first kappa shape index (κ1) is 23.9. The van der Waals surface area contributed by atoms with E-state index in [1.54, 1.807) is 29.9 Å². The summed E-state index contributed by atoms with van der Waals surface area (Å²) in [7, 11) is 1.34. The monoisotopic (exact) mass is 469 g/mol. The molecule has 0 aliphatic heterocycles. The number of imidazole rings is 1. The minimum absolute atomic E-state index is 0.281. The van der Waals surface area contributed by atoms with Crippen LogP contribution in [0.5, 0.6) is 0 Å². The van der Waals surface area contributed by atoms with E-state index in [-0.39, 0.29) is 5.91 Å². The van der Waals surface area contributed by atoms with Crippen molar-refractivity contribution in [3.63, 3.8) is 0 Å². The van der Waals surface area contributed by atoms with Gasteiger partial charge in [-0.25, -0.2) is 9.78 Å². The second-order valence-electron chi connectivity index (χ2n) is 7.15. The molecule has 8 heteroatoms. The number of amides is 1. The van der Waals surface area contributed by atoms with E-state index in [0.717, 1.165) is 39.6 Å². The fourth-order valence-electron chi connectivity index (χ4n) is 3.24. The Labute approximate surface area is 196 Å². The standard InChI is InChI=1S/C24H27N3O3S2/c1-30-24(29)22(10-11-31-2)27-23(28)20-9-8-17(14-32-15-19-13-25-16-26-19)12-21(20)18-6-4-3-5-7-18/h3-9,12-13,16,22H,10-11,14-15H2,1-2H3,(H,25,26)(H,27,28)/t22-/m0/s1. The number of benzene rings is 2. The maximum Gasteiger partial charge on any atom is 0.328 e. The Morgan fingerprint density at radius 2 is 1.97 bits per heavy atom. The minimum atomic E-state index is -0.673. The van der Waals surface area contributed by atoms with Crippen LogP contribution in [0.25, 0.3) is 11.1 Å². The average molecular weight is 470 g/mol. The second-order valence-corrected chi connectivity index (χ2v) is 9.12. The minimum Gasteiger partial charge on any atom is -0.467 e. The van der Waals surface area contributed by atoms with Gasteiger partial charge in [0.15, 0.2) is 0 Å². The summed E-state index contributed by atoms with van der Waals surface area (Å²) in [6, 6.07) is 15.0. The van der Waals surface area contributed by atoms with Crippen molar-refractivity contribution in [2.75, 3.05) is 19.1 Å². The van der Waals surface area contributed by atoms with Crippen LogP contribution in [-0.4, -0.2) is 47.0 Å². The van der Waals surface area contributed by atoms with Crippen molar-refractivity contribution in [2.45, 2.75) is 24.0 Å². The van der Waals surface area contributed by atoms with Gasteiger partial charge in [-0.15, -0.1) is 0 Å². The highest BCUT2D eigenvalue weighted by Gasteiger charge is 2.23. The van der Waals surface area contributed by atoms with Gasteiger partial charge in [-0.3, -0.25) is 4.79 Å². The molecule has 0 unspecified atom stereocenters. The van der Waals surface area contributed by atoms with Crippen molar-refractivity contribution in [1.82, 2.24) is 15.3 Å². The Kier molecular flexibility index (Phi) is 9.25. The average Bonchev–Trinajstić information content (AvgIpc) is 3.35. The maximum atomic E-state index is 13.2. The molecular formula is C24H27N3O3S2. The molecular weight excluding hydrogens is 442 g/mol. The summed E-state index contributed by atoms with van der Waals surface area (Å²) in [5.74, 6) is 1.67. The summed E-state index contributed by atoms with van der Waals surface area (Å²) in [6.45, 7) is 0. The number of nitrogens with zero attached hydrogens (tertiary/aromatic N) is 1. The van der Waals surface area contributed by atoms with Crippen molar-refractivity contribution < 1.29 is 14.3 Å². The topological polar surface area (TPSA) is 84.1 Å². The largest absolute Gasteiger partial charge is 0.467 e. The van der Waals surface area contributed by atoms with Crippen LogP contribution in [0.1, 0.15) is 28.0 Å². The summed E-state index contributed by atoms with van der Waals surface area (Å²) in [5, 5.41) is 2.87. The van der Waals surface area contributed by atoms with E-state index in [1.807, 2.05) is 54.9 Å². The number of methoxy groups -OCH3 is 1. The number of esters is 1. The first-order chi connectivity index (χ1) is 15.6. The third kappa shape index (κ3) is 6.64. The van der Waals surface area contributed by atoms with E-state index in [0.29, 0.717) is 12.0 Å². The molecule has 0 spiro atoms. The van der Waals surface area contributed by atoms with Gasteiger partial charge in [-0.05, 0) is 47.3 Å². The molecule has 0 saturated heterocycles. The highest BCUT2D eigenvalue weighted by molar-refractivity contribution is 7.98. The summed E-state index contributed by atoms with van der Waals surface area (Å²) < 4.78 is 4.88. The fraction of sp³-hybridized carbons (Fsp3) is 0.292. The van der Waals surface area contributed by atoms with E-state index in [1.165, 1.54) is 7.11 Å². The normalized spacial score (nSPS) is 11.7. The third-order valence-corrected chi connectivity index (χ3v) is 6.59. The molecule has 1 amide bonds. The Bertz CT molecular complexity index is 1010. The molecule has 0 bridgehead atoms. The molecule has 32 heavy (non-hydrogen) atoms. The number of thioether (sulfide) groups is 2. The first-order valence-electron chi connectivity index (χ1n) is 10.2. The molecule has 0 aliphatic rings. The number of rotatable bonds is 11. The molecule has 1 atom stereocenters. The zero-order valence-electron chi connectivity index (χ0n) is 18.2. The quantitative estimate of drug-likeness (QED) is 0.401. The number of hydrogen-bond donors (Lipinski definition) is 2. The van der Waals surface area contributed by atoms with E-state index in [2.05, 4.69) is 21.4 Å². The molecule has 6 nitrogen and oxygen atoms in total. The number of aromatic nitrogens is 2. The SMILES string of the molecule is COC(=O)[C@H](CCSC)NC(=O)c1ccc(CSCc2cnc[nH]2)cc1-c1ccccc1. The molecule has 3 aromatic rings. The highest BCUT2D eigenvalue weighted by Crippen LogP contribution is 2.27. The highest BCUT2D eigenvalue weighted by atomic mass is 32.2. The predicted molar refractivity (Wildman–Crippen MR) is 132 cm³/mol. The third-order valence-electron chi connectivity index (χ3n) is 4.90. The molecule has 0 fully saturated rings.